The summed E-state index contributed by atoms with van der Waals surface area (Å²) in [6, 6.07) is 8.40. The fourth-order valence-corrected chi connectivity index (χ4v) is 2.94. The Labute approximate surface area is 175 Å². The van der Waals surface area contributed by atoms with Gasteiger partial charge in [-0.15, -0.1) is 0 Å². The van der Waals surface area contributed by atoms with Crippen LogP contribution in [-0.4, -0.2) is 23.3 Å². The molecule has 0 saturated carbocycles. The van der Waals surface area contributed by atoms with E-state index in [1.807, 2.05) is 0 Å². The van der Waals surface area contributed by atoms with Gasteiger partial charge in [0, 0.05) is 25.1 Å². The SMILES string of the molecule is CCNC(=NCc1cccc(COC(C)(C)C)c1)NCc1c(CC)noc1CC. The van der Waals surface area contributed by atoms with Crippen LogP contribution >= 0.6 is 0 Å². The summed E-state index contributed by atoms with van der Waals surface area (Å²) in [4.78, 5) is 4.75. The molecule has 0 radical (unpaired) electrons. The molecule has 0 aliphatic rings. The van der Waals surface area contributed by atoms with Crippen LogP contribution in [0.1, 0.15) is 69.7 Å². The summed E-state index contributed by atoms with van der Waals surface area (Å²) < 4.78 is 11.3. The van der Waals surface area contributed by atoms with Crippen molar-refractivity contribution in [1.82, 2.24) is 15.8 Å². The summed E-state index contributed by atoms with van der Waals surface area (Å²) in [5.41, 5.74) is 4.33. The molecule has 1 heterocycles. The molecule has 0 atom stereocenters. The van der Waals surface area contributed by atoms with E-state index in [0.29, 0.717) is 19.7 Å². The van der Waals surface area contributed by atoms with Gasteiger partial charge in [-0.25, -0.2) is 4.99 Å². The topological polar surface area (TPSA) is 71.7 Å². The summed E-state index contributed by atoms with van der Waals surface area (Å²) in [5, 5.41) is 10.9. The lowest BCUT2D eigenvalue weighted by Crippen LogP contribution is -2.37. The van der Waals surface area contributed by atoms with E-state index in [0.717, 1.165) is 53.5 Å². The Balaban J connectivity index is 2.03. The largest absolute Gasteiger partial charge is 0.371 e. The van der Waals surface area contributed by atoms with Gasteiger partial charge in [0.15, 0.2) is 5.96 Å². The lowest BCUT2D eigenvalue weighted by Gasteiger charge is -2.19. The molecule has 0 unspecified atom stereocenters. The lowest BCUT2D eigenvalue weighted by molar-refractivity contribution is -0.0149. The predicted octanol–water partition coefficient (Wildman–Crippen LogP) is 4.37. The van der Waals surface area contributed by atoms with Gasteiger partial charge in [0.1, 0.15) is 5.76 Å². The molecule has 2 aromatic rings. The van der Waals surface area contributed by atoms with Crippen molar-refractivity contribution in [2.24, 2.45) is 4.99 Å². The van der Waals surface area contributed by atoms with Crippen LogP contribution in [-0.2, 0) is 37.3 Å². The highest BCUT2D eigenvalue weighted by Crippen LogP contribution is 2.16. The first kappa shape index (κ1) is 22.9. The van der Waals surface area contributed by atoms with E-state index in [9.17, 15) is 0 Å². The molecule has 0 amide bonds. The molecule has 29 heavy (non-hydrogen) atoms. The normalized spacial score (nSPS) is 12.3. The zero-order valence-corrected chi connectivity index (χ0v) is 18.8. The molecule has 160 valence electrons. The Morgan fingerprint density at radius 3 is 2.52 bits per heavy atom. The fourth-order valence-electron chi connectivity index (χ4n) is 2.94. The number of nitrogens with zero attached hydrogens (tertiary/aromatic N) is 2. The Hall–Kier alpha value is -2.34. The number of nitrogens with one attached hydrogen (secondary N) is 2. The minimum Gasteiger partial charge on any atom is -0.371 e. The van der Waals surface area contributed by atoms with Crippen LogP contribution in [0.15, 0.2) is 33.8 Å². The summed E-state index contributed by atoms with van der Waals surface area (Å²) in [6.45, 7) is 15.1. The molecule has 1 aromatic carbocycles. The van der Waals surface area contributed by atoms with Gasteiger partial charge >= 0.3 is 0 Å². The highest BCUT2D eigenvalue weighted by molar-refractivity contribution is 5.79. The summed E-state index contributed by atoms with van der Waals surface area (Å²) in [5.74, 6) is 1.73. The Bertz CT molecular complexity index is 769. The second kappa shape index (κ2) is 11.0. The molecule has 0 spiro atoms. The molecular formula is C23H36N4O2. The first-order valence-corrected chi connectivity index (χ1v) is 10.6. The van der Waals surface area contributed by atoms with E-state index in [-0.39, 0.29) is 5.60 Å². The average Bonchev–Trinajstić information content (AvgIpc) is 3.10. The van der Waals surface area contributed by atoms with Crippen molar-refractivity contribution in [3.63, 3.8) is 0 Å². The first-order valence-electron chi connectivity index (χ1n) is 10.6. The smallest absolute Gasteiger partial charge is 0.191 e. The maximum absolute atomic E-state index is 5.88. The molecule has 0 aliphatic carbocycles. The van der Waals surface area contributed by atoms with E-state index in [1.165, 1.54) is 0 Å². The van der Waals surface area contributed by atoms with E-state index >= 15 is 0 Å². The number of hydrogen-bond acceptors (Lipinski definition) is 4. The third kappa shape index (κ3) is 7.54. The molecule has 0 aliphatic heterocycles. The number of ether oxygens (including phenoxy) is 1. The maximum atomic E-state index is 5.88. The second-order valence-electron chi connectivity index (χ2n) is 8.01. The minimum absolute atomic E-state index is 0.146. The van der Waals surface area contributed by atoms with Gasteiger partial charge in [-0.05, 0) is 45.2 Å². The van der Waals surface area contributed by atoms with Crippen molar-refractivity contribution in [2.45, 2.75) is 79.7 Å². The van der Waals surface area contributed by atoms with Crippen molar-refractivity contribution < 1.29 is 9.26 Å². The fraction of sp³-hybridized carbons (Fsp3) is 0.565. The van der Waals surface area contributed by atoms with Crippen molar-refractivity contribution in [3.8, 4) is 0 Å². The van der Waals surface area contributed by atoms with E-state index in [4.69, 9.17) is 14.3 Å². The Kier molecular flexibility index (Phi) is 8.70. The van der Waals surface area contributed by atoms with Crippen molar-refractivity contribution in [1.29, 1.82) is 0 Å². The number of aryl methyl sites for hydroxylation is 2. The summed E-state index contributed by atoms with van der Waals surface area (Å²) >= 11 is 0. The number of hydrogen-bond donors (Lipinski definition) is 2. The molecule has 0 fully saturated rings. The minimum atomic E-state index is -0.146. The number of aromatic nitrogens is 1. The van der Waals surface area contributed by atoms with E-state index < -0.39 is 0 Å². The molecule has 0 bridgehead atoms. The highest BCUT2D eigenvalue weighted by atomic mass is 16.5. The third-order valence-electron chi connectivity index (χ3n) is 4.47. The molecule has 6 nitrogen and oxygen atoms in total. The maximum Gasteiger partial charge on any atom is 0.191 e. The summed E-state index contributed by atoms with van der Waals surface area (Å²) in [7, 11) is 0. The molecule has 6 heteroatoms. The van der Waals surface area contributed by atoms with Crippen LogP contribution in [0.2, 0.25) is 0 Å². The van der Waals surface area contributed by atoms with Gasteiger partial charge < -0.3 is 19.9 Å². The zero-order chi connectivity index (χ0) is 21.3. The van der Waals surface area contributed by atoms with Crippen LogP contribution < -0.4 is 10.6 Å². The first-order chi connectivity index (χ1) is 13.9. The molecule has 0 saturated heterocycles. The number of rotatable bonds is 9. The van der Waals surface area contributed by atoms with Gasteiger partial charge in [0.25, 0.3) is 0 Å². The van der Waals surface area contributed by atoms with Crippen LogP contribution in [0.5, 0.6) is 0 Å². The molecule has 1 aromatic heterocycles. The second-order valence-corrected chi connectivity index (χ2v) is 8.01. The molecular weight excluding hydrogens is 364 g/mol. The van der Waals surface area contributed by atoms with Crippen LogP contribution in [0.3, 0.4) is 0 Å². The quantitative estimate of drug-likeness (QED) is 0.483. The molecule has 2 N–H and O–H groups in total. The molecule has 2 rings (SSSR count). The van der Waals surface area contributed by atoms with Crippen LogP contribution in [0.4, 0.5) is 0 Å². The highest BCUT2D eigenvalue weighted by Gasteiger charge is 2.14. The predicted molar refractivity (Wildman–Crippen MR) is 118 cm³/mol. The Morgan fingerprint density at radius 2 is 1.86 bits per heavy atom. The van der Waals surface area contributed by atoms with Crippen molar-refractivity contribution >= 4 is 5.96 Å². The Morgan fingerprint density at radius 1 is 1.10 bits per heavy atom. The third-order valence-corrected chi connectivity index (χ3v) is 4.47. The van der Waals surface area contributed by atoms with Gasteiger partial charge in [0.05, 0.1) is 24.4 Å². The van der Waals surface area contributed by atoms with Gasteiger partial charge in [-0.1, -0.05) is 43.3 Å². The van der Waals surface area contributed by atoms with Gasteiger partial charge in [-0.2, -0.15) is 0 Å². The van der Waals surface area contributed by atoms with E-state index in [2.05, 4.69) is 81.6 Å². The van der Waals surface area contributed by atoms with Gasteiger partial charge in [-0.3, -0.25) is 0 Å². The summed E-state index contributed by atoms with van der Waals surface area (Å²) in [6.07, 6.45) is 1.69. The standard InChI is InChI=1S/C23H36N4O2/c1-7-20-19(21(8-2)29-27-20)15-26-22(24-9-3)25-14-17-11-10-12-18(13-17)16-28-23(4,5)6/h10-13H,7-9,14-16H2,1-6H3,(H2,24,25,26). The number of benzene rings is 1. The number of guanidine groups is 1. The van der Waals surface area contributed by atoms with Gasteiger partial charge in [0.2, 0.25) is 0 Å². The lowest BCUT2D eigenvalue weighted by atomic mass is 10.1. The number of aliphatic imine (C=N–C) groups is 1. The van der Waals surface area contributed by atoms with E-state index in [1.54, 1.807) is 0 Å². The van der Waals surface area contributed by atoms with Crippen molar-refractivity contribution in [2.75, 3.05) is 6.54 Å². The van der Waals surface area contributed by atoms with Crippen LogP contribution in [0.25, 0.3) is 0 Å². The zero-order valence-electron chi connectivity index (χ0n) is 18.8. The van der Waals surface area contributed by atoms with Crippen LogP contribution in [0, 0.1) is 0 Å². The van der Waals surface area contributed by atoms with Crippen molar-refractivity contribution in [3.05, 3.63) is 52.4 Å². The monoisotopic (exact) mass is 400 g/mol. The average molecular weight is 401 g/mol.